The van der Waals surface area contributed by atoms with Crippen LogP contribution in [0.15, 0.2) is 39.5 Å². The fourth-order valence-electron chi connectivity index (χ4n) is 1.43. The van der Waals surface area contributed by atoms with Gasteiger partial charge in [0.25, 0.3) is 0 Å². The predicted molar refractivity (Wildman–Crippen MR) is 78.8 cm³/mol. The molecule has 0 aliphatic carbocycles. The number of thiophene rings is 1. The summed E-state index contributed by atoms with van der Waals surface area (Å²) in [5.41, 5.74) is 2.60. The van der Waals surface area contributed by atoms with Crippen LogP contribution in [0.2, 0.25) is 5.02 Å². The minimum absolute atomic E-state index is 0.358. The lowest BCUT2D eigenvalue weighted by Crippen LogP contribution is -1.93. The van der Waals surface area contributed by atoms with Gasteiger partial charge in [-0.15, -0.1) is 11.3 Å². The summed E-state index contributed by atoms with van der Waals surface area (Å²) in [4.78, 5) is 0.358. The summed E-state index contributed by atoms with van der Waals surface area (Å²) in [6.45, 7) is 0. The van der Waals surface area contributed by atoms with Crippen LogP contribution in [-0.4, -0.2) is 0 Å². The Kier molecular flexibility index (Phi) is 4.48. The fraction of sp³-hybridized carbons (Fsp3) is 0.167. The molecule has 0 radical (unpaired) electrons. The molecule has 0 spiro atoms. The maximum Gasteiger partial charge on any atom is 0.0701 e. The zero-order valence-corrected chi connectivity index (χ0v) is 13.0. The molecule has 0 nitrogen and oxygen atoms in total. The van der Waals surface area contributed by atoms with Crippen molar-refractivity contribution >= 4 is 54.8 Å². The molecule has 4 heteroatoms. The Labute approximate surface area is 121 Å². The second kappa shape index (κ2) is 5.67. The van der Waals surface area contributed by atoms with E-state index >= 15 is 0 Å². The topological polar surface area (TPSA) is 0 Å². The largest absolute Gasteiger partial charge is 0.137 e. The average Bonchev–Trinajstić information content (AvgIpc) is 2.68. The van der Waals surface area contributed by atoms with Crippen LogP contribution in [0.3, 0.4) is 0 Å². The van der Waals surface area contributed by atoms with Crippen LogP contribution in [0.1, 0.15) is 16.0 Å². The molecular formula is C12H9Br2ClS. The molecule has 0 bridgehead atoms. The first-order valence-electron chi connectivity index (χ1n) is 4.77. The summed E-state index contributed by atoms with van der Waals surface area (Å²) in [7, 11) is 0. The summed E-state index contributed by atoms with van der Waals surface area (Å²) in [6, 6.07) is 10.1. The molecule has 1 unspecified atom stereocenters. The van der Waals surface area contributed by atoms with Crippen LogP contribution >= 0.6 is 54.8 Å². The van der Waals surface area contributed by atoms with Crippen molar-refractivity contribution in [3.63, 3.8) is 0 Å². The molecule has 1 aromatic carbocycles. The molecule has 84 valence electrons. The van der Waals surface area contributed by atoms with Crippen molar-refractivity contribution in [1.29, 1.82) is 0 Å². The fourth-order valence-corrected chi connectivity index (χ4v) is 3.60. The molecule has 1 atom stereocenters. The Morgan fingerprint density at radius 1 is 1.25 bits per heavy atom. The van der Waals surface area contributed by atoms with E-state index in [9.17, 15) is 0 Å². The Morgan fingerprint density at radius 3 is 2.50 bits per heavy atom. The Hall–Kier alpha value is 0.170. The van der Waals surface area contributed by atoms with Gasteiger partial charge in [-0.1, -0.05) is 39.7 Å². The first-order valence-corrected chi connectivity index (χ1v) is 7.74. The lowest BCUT2D eigenvalue weighted by Gasteiger charge is -2.07. The first kappa shape index (κ1) is 12.6. The highest BCUT2D eigenvalue weighted by Gasteiger charge is 2.10. The SMILES string of the molecule is Clc1ccc(CC(Br)c2csc(Br)c2)cc1. The summed E-state index contributed by atoms with van der Waals surface area (Å²) < 4.78 is 1.17. The highest BCUT2D eigenvalue weighted by atomic mass is 79.9. The molecule has 0 saturated carbocycles. The van der Waals surface area contributed by atoms with Gasteiger partial charge in [-0.3, -0.25) is 0 Å². The standard InChI is InChI=1S/C12H9Br2ClS/c13-11(9-6-12(14)16-7-9)5-8-1-3-10(15)4-2-8/h1-4,6-7,11H,5H2. The Bertz CT molecular complexity index is 464. The highest BCUT2D eigenvalue weighted by Crippen LogP contribution is 2.32. The zero-order chi connectivity index (χ0) is 11.5. The molecule has 0 aliphatic rings. The van der Waals surface area contributed by atoms with Gasteiger partial charge in [-0.25, -0.2) is 0 Å². The Morgan fingerprint density at radius 2 is 1.94 bits per heavy atom. The number of rotatable bonds is 3. The second-order valence-corrected chi connectivity index (χ2v) is 7.31. The van der Waals surface area contributed by atoms with Crippen LogP contribution in [0, 0.1) is 0 Å². The number of hydrogen-bond acceptors (Lipinski definition) is 1. The molecule has 2 aromatic rings. The lowest BCUT2D eigenvalue weighted by atomic mass is 10.1. The minimum Gasteiger partial charge on any atom is -0.137 e. The van der Waals surface area contributed by atoms with Crippen LogP contribution in [-0.2, 0) is 6.42 Å². The number of benzene rings is 1. The van der Waals surface area contributed by atoms with Crippen molar-refractivity contribution in [3.8, 4) is 0 Å². The number of hydrogen-bond donors (Lipinski definition) is 0. The van der Waals surface area contributed by atoms with E-state index in [4.69, 9.17) is 11.6 Å². The van der Waals surface area contributed by atoms with E-state index in [0.29, 0.717) is 4.83 Å². The highest BCUT2D eigenvalue weighted by molar-refractivity contribution is 9.11. The zero-order valence-electron chi connectivity index (χ0n) is 8.29. The van der Waals surface area contributed by atoms with Crippen LogP contribution < -0.4 is 0 Å². The average molecular weight is 381 g/mol. The van der Waals surface area contributed by atoms with Crippen LogP contribution in [0.4, 0.5) is 0 Å². The van der Waals surface area contributed by atoms with Crippen molar-refractivity contribution in [2.75, 3.05) is 0 Å². The molecule has 1 aromatic heterocycles. The van der Waals surface area contributed by atoms with Gasteiger partial charge < -0.3 is 0 Å². The summed E-state index contributed by atoms with van der Waals surface area (Å²) >= 11 is 14.7. The van der Waals surface area contributed by atoms with E-state index in [1.165, 1.54) is 14.9 Å². The van der Waals surface area contributed by atoms with Crippen molar-refractivity contribution in [2.24, 2.45) is 0 Å². The van der Waals surface area contributed by atoms with E-state index in [2.05, 4.69) is 55.4 Å². The Balaban J connectivity index is 2.07. The molecular weight excluding hydrogens is 371 g/mol. The van der Waals surface area contributed by atoms with Crippen molar-refractivity contribution in [3.05, 3.63) is 55.6 Å². The second-order valence-electron chi connectivity index (χ2n) is 3.48. The maximum atomic E-state index is 5.85. The third-order valence-corrected chi connectivity index (χ3v) is 4.90. The molecule has 0 saturated heterocycles. The third-order valence-electron chi connectivity index (χ3n) is 2.28. The molecule has 0 N–H and O–H groups in total. The van der Waals surface area contributed by atoms with Gasteiger partial charge in [0, 0.05) is 9.85 Å². The maximum absolute atomic E-state index is 5.85. The molecule has 1 heterocycles. The summed E-state index contributed by atoms with van der Waals surface area (Å²) in [6.07, 6.45) is 0.973. The van der Waals surface area contributed by atoms with Gasteiger partial charge in [0.05, 0.1) is 3.79 Å². The van der Waals surface area contributed by atoms with Crippen molar-refractivity contribution in [2.45, 2.75) is 11.2 Å². The van der Waals surface area contributed by atoms with Gasteiger partial charge in [0.15, 0.2) is 0 Å². The minimum atomic E-state index is 0.358. The van der Waals surface area contributed by atoms with Gasteiger partial charge in [-0.05, 0) is 57.1 Å². The molecule has 0 fully saturated rings. The van der Waals surface area contributed by atoms with Crippen LogP contribution in [0.25, 0.3) is 0 Å². The predicted octanol–water partition coefficient (Wildman–Crippen LogP) is 5.84. The van der Waals surface area contributed by atoms with Gasteiger partial charge in [0.2, 0.25) is 0 Å². The van der Waals surface area contributed by atoms with Crippen LogP contribution in [0.5, 0.6) is 0 Å². The summed E-state index contributed by atoms with van der Waals surface area (Å²) in [5, 5.41) is 2.95. The normalized spacial score (nSPS) is 12.7. The van der Waals surface area contributed by atoms with Gasteiger partial charge in [0.1, 0.15) is 0 Å². The third kappa shape index (κ3) is 3.33. The molecule has 0 aliphatic heterocycles. The molecule has 2 rings (SSSR count). The van der Waals surface area contributed by atoms with Crippen molar-refractivity contribution < 1.29 is 0 Å². The molecule has 16 heavy (non-hydrogen) atoms. The summed E-state index contributed by atoms with van der Waals surface area (Å²) in [5.74, 6) is 0. The quantitative estimate of drug-likeness (QED) is 0.587. The monoisotopic (exact) mass is 378 g/mol. The van der Waals surface area contributed by atoms with Gasteiger partial charge in [-0.2, -0.15) is 0 Å². The van der Waals surface area contributed by atoms with E-state index < -0.39 is 0 Å². The van der Waals surface area contributed by atoms with Crippen molar-refractivity contribution in [1.82, 2.24) is 0 Å². The lowest BCUT2D eigenvalue weighted by molar-refractivity contribution is 0.954. The first-order chi connectivity index (χ1) is 7.65. The van der Waals surface area contributed by atoms with E-state index in [1.807, 2.05) is 12.1 Å². The number of halogens is 3. The van der Waals surface area contributed by atoms with E-state index in [-0.39, 0.29) is 0 Å². The van der Waals surface area contributed by atoms with E-state index in [1.54, 1.807) is 11.3 Å². The smallest absolute Gasteiger partial charge is 0.0701 e. The molecule has 0 amide bonds. The van der Waals surface area contributed by atoms with Gasteiger partial charge >= 0.3 is 0 Å². The number of alkyl halides is 1. The van der Waals surface area contributed by atoms with E-state index in [0.717, 1.165) is 11.4 Å².